The number of ether oxygens (including phenoxy) is 1. The molecular formula is C22H26Cl2N2O2. The van der Waals surface area contributed by atoms with Crippen LogP contribution < -0.4 is 10.6 Å². The van der Waals surface area contributed by atoms with E-state index in [1.54, 1.807) is 6.07 Å². The predicted molar refractivity (Wildman–Crippen MR) is 114 cm³/mol. The third-order valence-corrected chi connectivity index (χ3v) is 5.65. The van der Waals surface area contributed by atoms with Gasteiger partial charge >= 0.3 is 6.09 Å². The average molecular weight is 421 g/mol. The number of carbonyl (C=O) groups is 1. The van der Waals surface area contributed by atoms with Crippen LogP contribution in [0.3, 0.4) is 0 Å². The summed E-state index contributed by atoms with van der Waals surface area (Å²) in [5, 5.41) is 7.65. The molecule has 1 heterocycles. The van der Waals surface area contributed by atoms with Crippen molar-refractivity contribution in [2.75, 3.05) is 13.1 Å². The van der Waals surface area contributed by atoms with Crippen molar-refractivity contribution in [3.63, 3.8) is 0 Å². The zero-order valence-corrected chi connectivity index (χ0v) is 17.9. The van der Waals surface area contributed by atoms with E-state index < -0.39 is 17.2 Å². The van der Waals surface area contributed by atoms with Crippen LogP contribution in [0.4, 0.5) is 4.79 Å². The molecule has 2 aromatic rings. The van der Waals surface area contributed by atoms with Gasteiger partial charge in [-0.25, -0.2) is 4.79 Å². The largest absolute Gasteiger partial charge is 0.444 e. The summed E-state index contributed by atoms with van der Waals surface area (Å²) in [6, 6.07) is 15.8. The Hall–Kier alpha value is -1.75. The van der Waals surface area contributed by atoms with Crippen LogP contribution in [0, 0.1) is 0 Å². The highest BCUT2D eigenvalue weighted by Crippen LogP contribution is 2.37. The van der Waals surface area contributed by atoms with Crippen molar-refractivity contribution in [2.24, 2.45) is 0 Å². The molecule has 0 unspecified atom stereocenters. The fourth-order valence-electron chi connectivity index (χ4n) is 3.75. The first-order valence-electron chi connectivity index (χ1n) is 9.39. The average Bonchev–Trinajstić information content (AvgIpc) is 2.99. The van der Waals surface area contributed by atoms with E-state index in [1.807, 2.05) is 51.1 Å². The molecule has 0 spiro atoms. The van der Waals surface area contributed by atoms with Gasteiger partial charge in [-0.1, -0.05) is 59.6 Å². The summed E-state index contributed by atoms with van der Waals surface area (Å²) in [5.74, 6) is 0.0231. The summed E-state index contributed by atoms with van der Waals surface area (Å²) in [7, 11) is 0. The zero-order chi connectivity index (χ0) is 20.4. The van der Waals surface area contributed by atoms with Crippen molar-refractivity contribution in [1.82, 2.24) is 10.6 Å². The van der Waals surface area contributed by atoms with E-state index in [0.717, 1.165) is 17.7 Å². The van der Waals surface area contributed by atoms with Crippen molar-refractivity contribution >= 4 is 29.3 Å². The highest BCUT2D eigenvalue weighted by molar-refractivity contribution is 6.42. The standard InChI is InChI=1S/C22H26Cl2N2O2/c1-21(2,3)28-20(27)26-22(12-15-7-5-4-6-8-15)14-25-13-17(22)16-9-10-18(23)19(24)11-16/h4-11,17,25H,12-14H2,1-3H3,(H,26,27)/t17-,22+/m1/s1. The third-order valence-electron chi connectivity index (χ3n) is 4.91. The second-order valence-corrected chi connectivity index (χ2v) is 9.12. The number of hydrogen-bond acceptors (Lipinski definition) is 3. The highest BCUT2D eigenvalue weighted by Gasteiger charge is 2.45. The van der Waals surface area contributed by atoms with Crippen LogP contribution in [-0.2, 0) is 11.2 Å². The fourth-order valence-corrected chi connectivity index (χ4v) is 4.06. The lowest BCUT2D eigenvalue weighted by molar-refractivity contribution is 0.0453. The minimum absolute atomic E-state index is 0.0231. The number of carbonyl (C=O) groups excluding carboxylic acids is 1. The lowest BCUT2D eigenvalue weighted by Crippen LogP contribution is -2.56. The first kappa shape index (κ1) is 21.0. The van der Waals surface area contributed by atoms with Crippen LogP contribution in [-0.4, -0.2) is 30.3 Å². The quantitative estimate of drug-likeness (QED) is 0.715. The van der Waals surface area contributed by atoms with Crippen molar-refractivity contribution in [2.45, 2.75) is 44.2 Å². The third kappa shape index (κ3) is 4.99. The molecule has 1 aliphatic rings. The van der Waals surface area contributed by atoms with Gasteiger partial charge in [0.25, 0.3) is 0 Å². The Labute approximate surface area is 176 Å². The van der Waals surface area contributed by atoms with E-state index in [1.165, 1.54) is 0 Å². The minimum atomic E-state index is -0.566. The summed E-state index contributed by atoms with van der Waals surface area (Å²) in [6.07, 6.45) is 0.252. The topological polar surface area (TPSA) is 50.4 Å². The number of hydrogen-bond donors (Lipinski definition) is 2. The fraction of sp³-hybridized carbons (Fsp3) is 0.409. The van der Waals surface area contributed by atoms with Crippen LogP contribution in [0.15, 0.2) is 48.5 Å². The van der Waals surface area contributed by atoms with Crippen molar-refractivity contribution < 1.29 is 9.53 Å². The maximum absolute atomic E-state index is 12.7. The Morgan fingerprint density at radius 1 is 1.18 bits per heavy atom. The van der Waals surface area contributed by atoms with Crippen LogP contribution in [0.2, 0.25) is 10.0 Å². The Bertz CT molecular complexity index is 836. The predicted octanol–water partition coefficient (Wildman–Crippen LogP) is 5.19. The van der Waals surface area contributed by atoms with Gasteiger partial charge in [0.15, 0.2) is 0 Å². The summed E-state index contributed by atoms with van der Waals surface area (Å²) in [6.45, 7) is 6.94. The molecule has 1 aliphatic heterocycles. The molecule has 2 aromatic carbocycles. The molecule has 4 nitrogen and oxygen atoms in total. The molecule has 0 aliphatic carbocycles. The normalized spacial score (nSPS) is 22.1. The van der Waals surface area contributed by atoms with E-state index >= 15 is 0 Å². The van der Waals surface area contributed by atoms with Gasteiger partial charge in [0.1, 0.15) is 5.60 Å². The molecule has 6 heteroatoms. The molecule has 0 aromatic heterocycles. The van der Waals surface area contributed by atoms with Gasteiger partial charge in [0, 0.05) is 19.0 Å². The molecule has 2 N–H and O–H groups in total. The molecule has 150 valence electrons. The Kier molecular flexibility index (Phi) is 6.23. The van der Waals surface area contributed by atoms with Crippen molar-refractivity contribution in [3.05, 3.63) is 69.7 Å². The van der Waals surface area contributed by atoms with Crippen LogP contribution in [0.1, 0.15) is 37.8 Å². The van der Waals surface area contributed by atoms with Gasteiger partial charge in [0.2, 0.25) is 0 Å². The monoisotopic (exact) mass is 420 g/mol. The smallest absolute Gasteiger partial charge is 0.408 e. The molecule has 1 amide bonds. The van der Waals surface area contributed by atoms with Gasteiger partial charge < -0.3 is 15.4 Å². The molecule has 0 radical (unpaired) electrons. The van der Waals surface area contributed by atoms with Crippen LogP contribution in [0.5, 0.6) is 0 Å². The van der Waals surface area contributed by atoms with Crippen molar-refractivity contribution in [1.29, 1.82) is 0 Å². The molecule has 0 bridgehead atoms. The number of halogens is 2. The molecule has 2 atom stereocenters. The Morgan fingerprint density at radius 3 is 2.54 bits per heavy atom. The Morgan fingerprint density at radius 2 is 1.89 bits per heavy atom. The molecule has 3 rings (SSSR count). The van der Waals surface area contributed by atoms with Gasteiger partial charge in [-0.15, -0.1) is 0 Å². The first-order valence-corrected chi connectivity index (χ1v) is 10.1. The van der Waals surface area contributed by atoms with E-state index in [9.17, 15) is 4.79 Å². The van der Waals surface area contributed by atoms with E-state index in [-0.39, 0.29) is 5.92 Å². The molecule has 1 fully saturated rings. The maximum atomic E-state index is 12.7. The molecular weight excluding hydrogens is 395 g/mol. The van der Waals surface area contributed by atoms with E-state index in [0.29, 0.717) is 23.0 Å². The summed E-state index contributed by atoms with van der Waals surface area (Å²) in [5.41, 5.74) is 1.07. The van der Waals surface area contributed by atoms with E-state index in [2.05, 4.69) is 22.8 Å². The van der Waals surface area contributed by atoms with Gasteiger partial charge in [0.05, 0.1) is 15.6 Å². The lowest BCUT2D eigenvalue weighted by Gasteiger charge is -2.37. The number of nitrogens with one attached hydrogen (secondary N) is 2. The molecule has 28 heavy (non-hydrogen) atoms. The Balaban J connectivity index is 1.96. The number of alkyl carbamates (subject to hydrolysis) is 1. The summed E-state index contributed by atoms with van der Waals surface area (Å²) in [4.78, 5) is 12.7. The molecule has 0 saturated carbocycles. The number of benzene rings is 2. The summed E-state index contributed by atoms with van der Waals surface area (Å²) >= 11 is 12.4. The van der Waals surface area contributed by atoms with Gasteiger partial charge in [-0.3, -0.25) is 0 Å². The van der Waals surface area contributed by atoms with Gasteiger partial charge in [-0.2, -0.15) is 0 Å². The van der Waals surface area contributed by atoms with Gasteiger partial charge in [-0.05, 0) is 50.5 Å². The lowest BCUT2D eigenvalue weighted by atomic mass is 9.77. The van der Waals surface area contributed by atoms with E-state index in [4.69, 9.17) is 27.9 Å². The zero-order valence-electron chi connectivity index (χ0n) is 16.4. The van der Waals surface area contributed by atoms with Crippen molar-refractivity contribution in [3.8, 4) is 0 Å². The maximum Gasteiger partial charge on any atom is 0.408 e. The number of amides is 1. The molecule has 1 saturated heterocycles. The highest BCUT2D eigenvalue weighted by atomic mass is 35.5. The minimum Gasteiger partial charge on any atom is -0.444 e. The SMILES string of the molecule is CC(C)(C)OC(=O)N[C@@]1(Cc2ccccc2)CNC[C@@H]1c1ccc(Cl)c(Cl)c1. The second-order valence-electron chi connectivity index (χ2n) is 8.30. The second kappa shape index (κ2) is 8.32. The number of rotatable bonds is 4. The van der Waals surface area contributed by atoms with Crippen LogP contribution in [0.25, 0.3) is 0 Å². The summed E-state index contributed by atoms with van der Waals surface area (Å²) < 4.78 is 5.56. The first-order chi connectivity index (χ1) is 13.2. The van der Waals surface area contributed by atoms with Crippen LogP contribution >= 0.6 is 23.2 Å².